The Bertz CT molecular complexity index is 29.7. The molecule has 2 nitrogen and oxygen atoms in total. The van der Waals surface area contributed by atoms with Crippen LogP contribution in [0.2, 0.25) is 0 Å². The fraction of sp³-hybridized carbons (Fsp3) is 1.00. The standard InChI is InChI=1S/C4H11N.C2H6O/c1-4(2)5-3;1-2-3/h4-5H,1-3H3;3H,2H2,1H3. The number of aliphatic hydroxyl groups is 1. The largest absolute Gasteiger partial charge is 0.397 e. The lowest BCUT2D eigenvalue weighted by molar-refractivity contribution is 0.318. The highest BCUT2D eigenvalue weighted by atomic mass is 16.2. The minimum atomic E-state index is 0.250. The average Bonchev–Trinajstić information content (AvgIpc) is 1.69. The topological polar surface area (TPSA) is 32.3 Å². The Morgan fingerprint density at radius 2 is 1.62 bits per heavy atom. The first-order valence-corrected chi connectivity index (χ1v) is 2.97. The Kier molecular flexibility index (Phi) is 13.6. The Hall–Kier alpha value is -0.0800. The molecule has 0 amide bonds. The maximum atomic E-state index is 7.57. The van der Waals surface area contributed by atoms with Crippen molar-refractivity contribution in [3.8, 4) is 0 Å². The first kappa shape index (κ1) is 10.8. The molecule has 0 aliphatic carbocycles. The second kappa shape index (κ2) is 10.0. The molecule has 0 unspecified atom stereocenters. The van der Waals surface area contributed by atoms with Gasteiger partial charge < -0.3 is 10.4 Å². The van der Waals surface area contributed by atoms with Gasteiger partial charge >= 0.3 is 0 Å². The minimum Gasteiger partial charge on any atom is -0.397 e. The highest BCUT2D eigenvalue weighted by Gasteiger charge is 1.76. The van der Waals surface area contributed by atoms with Crippen molar-refractivity contribution < 1.29 is 5.11 Å². The lowest BCUT2D eigenvalue weighted by atomic mass is 10.4. The molecule has 2 N–H and O–H groups in total. The van der Waals surface area contributed by atoms with E-state index < -0.39 is 0 Å². The molecule has 52 valence electrons. The van der Waals surface area contributed by atoms with E-state index >= 15 is 0 Å². The minimum absolute atomic E-state index is 0.250. The predicted molar refractivity (Wildman–Crippen MR) is 37.0 cm³/mol. The summed E-state index contributed by atoms with van der Waals surface area (Å²) in [5.41, 5.74) is 0. The summed E-state index contributed by atoms with van der Waals surface area (Å²) in [5.74, 6) is 0. The number of aliphatic hydroxyl groups excluding tert-OH is 1. The van der Waals surface area contributed by atoms with E-state index in [1.807, 2.05) is 7.05 Å². The molecule has 0 heterocycles. The fourth-order valence-corrected chi connectivity index (χ4v) is 0. The number of nitrogens with one attached hydrogen (secondary N) is 1. The van der Waals surface area contributed by atoms with Crippen LogP contribution in [0, 0.1) is 0 Å². The third kappa shape index (κ3) is 38.9. The molecule has 0 aliphatic heterocycles. The van der Waals surface area contributed by atoms with E-state index in [1.165, 1.54) is 0 Å². The van der Waals surface area contributed by atoms with Crippen LogP contribution >= 0.6 is 0 Å². The second-order valence-electron chi connectivity index (χ2n) is 1.76. The summed E-state index contributed by atoms with van der Waals surface area (Å²) in [6, 6.07) is 0.634. The summed E-state index contributed by atoms with van der Waals surface area (Å²) < 4.78 is 0. The molecular weight excluding hydrogens is 102 g/mol. The molecular formula is C6H17NO. The summed E-state index contributed by atoms with van der Waals surface area (Å²) in [7, 11) is 1.95. The molecule has 2 heteroatoms. The zero-order valence-electron chi connectivity index (χ0n) is 6.23. The molecule has 0 aromatic heterocycles. The maximum Gasteiger partial charge on any atom is 0.0402 e. The smallest absolute Gasteiger partial charge is 0.0402 e. The second-order valence-corrected chi connectivity index (χ2v) is 1.76. The third-order valence-corrected chi connectivity index (χ3v) is 0.577. The van der Waals surface area contributed by atoms with E-state index in [9.17, 15) is 0 Å². The highest BCUT2D eigenvalue weighted by Crippen LogP contribution is 1.66. The van der Waals surface area contributed by atoms with Gasteiger partial charge in [-0.15, -0.1) is 0 Å². The molecule has 0 saturated heterocycles. The molecule has 8 heavy (non-hydrogen) atoms. The fourth-order valence-electron chi connectivity index (χ4n) is 0. The van der Waals surface area contributed by atoms with Gasteiger partial charge in [-0.05, 0) is 14.0 Å². The lowest BCUT2D eigenvalue weighted by Crippen LogP contribution is -2.15. The summed E-state index contributed by atoms with van der Waals surface area (Å²) >= 11 is 0. The summed E-state index contributed by atoms with van der Waals surface area (Å²) in [4.78, 5) is 0. The SMILES string of the molecule is CCO.CNC(C)C. The third-order valence-electron chi connectivity index (χ3n) is 0.577. The number of rotatable bonds is 1. The molecule has 0 bridgehead atoms. The first-order valence-electron chi connectivity index (χ1n) is 2.97. The van der Waals surface area contributed by atoms with Crippen LogP contribution in [-0.2, 0) is 0 Å². The van der Waals surface area contributed by atoms with Crippen LogP contribution in [0.25, 0.3) is 0 Å². The van der Waals surface area contributed by atoms with Crippen LogP contribution in [-0.4, -0.2) is 24.8 Å². The molecule has 0 radical (unpaired) electrons. The van der Waals surface area contributed by atoms with Crippen molar-refractivity contribution in [1.29, 1.82) is 0 Å². The highest BCUT2D eigenvalue weighted by molar-refractivity contribution is 4.40. The molecule has 0 aliphatic rings. The van der Waals surface area contributed by atoms with E-state index in [0.717, 1.165) is 0 Å². The van der Waals surface area contributed by atoms with Crippen LogP contribution in [0.15, 0.2) is 0 Å². The van der Waals surface area contributed by atoms with Crippen molar-refractivity contribution in [2.45, 2.75) is 26.8 Å². The summed E-state index contributed by atoms with van der Waals surface area (Å²) in [6.45, 7) is 6.15. The van der Waals surface area contributed by atoms with Gasteiger partial charge in [0.2, 0.25) is 0 Å². The van der Waals surface area contributed by atoms with E-state index in [1.54, 1.807) is 6.92 Å². The molecule has 0 saturated carbocycles. The van der Waals surface area contributed by atoms with Crippen LogP contribution in [0.4, 0.5) is 0 Å². The van der Waals surface area contributed by atoms with Gasteiger partial charge in [0, 0.05) is 12.6 Å². The van der Waals surface area contributed by atoms with Crippen molar-refractivity contribution in [2.24, 2.45) is 0 Å². The van der Waals surface area contributed by atoms with Crippen LogP contribution in [0.5, 0.6) is 0 Å². The van der Waals surface area contributed by atoms with Gasteiger partial charge in [-0.2, -0.15) is 0 Å². The zero-order valence-corrected chi connectivity index (χ0v) is 6.23. The Morgan fingerprint density at radius 3 is 1.62 bits per heavy atom. The Morgan fingerprint density at radius 1 is 1.50 bits per heavy atom. The van der Waals surface area contributed by atoms with Gasteiger partial charge in [-0.1, -0.05) is 13.8 Å². The van der Waals surface area contributed by atoms with Crippen molar-refractivity contribution in [2.75, 3.05) is 13.7 Å². The normalized spacial score (nSPS) is 8.25. The quantitative estimate of drug-likeness (QED) is 0.530. The van der Waals surface area contributed by atoms with Gasteiger partial charge in [0.05, 0.1) is 0 Å². The lowest BCUT2D eigenvalue weighted by Gasteiger charge is -1.95. The zero-order chi connectivity index (χ0) is 6.99. The molecule has 0 fully saturated rings. The monoisotopic (exact) mass is 119 g/mol. The van der Waals surface area contributed by atoms with E-state index in [-0.39, 0.29) is 6.61 Å². The molecule has 0 aromatic carbocycles. The van der Waals surface area contributed by atoms with Crippen LogP contribution in [0.1, 0.15) is 20.8 Å². The first-order chi connectivity index (χ1) is 3.68. The summed E-state index contributed by atoms with van der Waals surface area (Å²) in [5, 5.41) is 10.6. The van der Waals surface area contributed by atoms with Gasteiger partial charge in [0.1, 0.15) is 0 Å². The van der Waals surface area contributed by atoms with Gasteiger partial charge in [0.25, 0.3) is 0 Å². The van der Waals surface area contributed by atoms with Crippen molar-refractivity contribution in [3.05, 3.63) is 0 Å². The number of hydrogen-bond donors (Lipinski definition) is 2. The summed E-state index contributed by atoms with van der Waals surface area (Å²) in [6.07, 6.45) is 0. The Balaban J connectivity index is 0. The predicted octanol–water partition coefficient (Wildman–Crippen LogP) is 0.613. The maximum absolute atomic E-state index is 7.57. The molecule has 0 aromatic rings. The van der Waals surface area contributed by atoms with Crippen molar-refractivity contribution in [3.63, 3.8) is 0 Å². The molecule has 0 rings (SSSR count). The van der Waals surface area contributed by atoms with Gasteiger partial charge in [-0.25, -0.2) is 0 Å². The molecule has 0 atom stereocenters. The van der Waals surface area contributed by atoms with Gasteiger partial charge in [0.15, 0.2) is 0 Å². The van der Waals surface area contributed by atoms with Crippen LogP contribution < -0.4 is 5.32 Å². The van der Waals surface area contributed by atoms with E-state index in [0.29, 0.717) is 6.04 Å². The van der Waals surface area contributed by atoms with Gasteiger partial charge in [-0.3, -0.25) is 0 Å². The van der Waals surface area contributed by atoms with Crippen molar-refractivity contribution in [1.82, 2.24) is 5.32 Å². The number of hydrogen-bond acceptors (Lipinski definition) is 2. The van der Waals surface area contributed by atoms with E-state index in [4.69, 9.17) is 5.11 Å². The molecule has 0 spiro atoms. The van der Waals surface area contributed by atoms with Crippen molar-refractivity contribution >= 4 is 0 Å². The Labute approximate surface area is 51.9 Å². The average molecular weight is 119 g/mol. The van der Waals surface area contributed by atoms with E-state index in [2.05, 4.69) is 19.2 Å². The van der Waals surface area contributed by atoms with Crippen LogP contribution in [0.3, 0.4) is 0 Å².